The molecule has 0 aliphatic heterocycles. The molecule has 0 aliphatic rings. The molecule has 1 rings (SSSR count). The van der Waals surface area contributed by atoms with Gasteiger partial charge in [-0.05, 0) is 25.0 Å². The van der Waals surface area contributed by atoms with Gasteiger partial charge in [0, 0.05) is 17.7 Å². The minimum Gasteiger partial charge on any atom is -0.456 e. The second-order valence-corrected chi connectivity index (χ2v) is 2.57. The number of aromatic nitrogens is 1. The lowest BCUT2D eigenvalue weighted by Gasteiger charge is -1.91. The predicted molar refractivity (Wildman–Crippen MR) is 53.1 cm³/mol. The Kier molecular flexibility index (Phi) is 4.05. The number of hydrogen-bond donors (Lipinski definition) is 0. The number of carbonyl (C=O) groups is 2. The Morgan fingerprint density at radius 2 is 2.40 bits per heavy atom. The van der Waals surface area contributed by atoms with Crippen molar-refractivity contribution in [2.24, 2.45) is 0 Å². The van der Waals surface area contributed by atoms with Crippen LogP contribution in [0.15, 0.2) is 18.3 Å². The fraction of sp³-hybridized carbons (Fsp3) is 0.182. The molecule has 0 radical (unpaired) electrons. The Hall–Kier alpha value is -2.15. The van der Waals surface area contributed by atoms with Crippen LogP contribution in [0.3, 0.4) is 0 Å². The molecule has 0 fully saturated rings. The van der Waals surface area contributed by atoms with Crippen molar-refractivity contribution in [3.63, 3.8) is 0 Å². The molecule has 76 valence electrons. The maximum Gasteiger partial charge on any atom is 0.384 e. The van der Waals surface area contributed by atoms with E-state index in [1.165, 1.54) is 6.20 Å². The SMILES string of the molecule is CCOC(=O)C#Cc1ccc(C=O)cn1. The number of ether oxygens (including phenoxy) is 1. The topological polar surface area (TPSA) is 56.3 Å². The summed E-state index contributed by atoms with van der Waals surface area (Å²) in [5.74, 6) is 4.22. The Morgan fingerprint density at radius 1 is 1.60 bits per heavy atom. The molecule has 0 saturated carbocycles. The van der Waals surface area contributed by atoms with Crippen molar-refractivity contribution in [3.05, 3.63) is 29.6 Å². The standard InChI is InChI=1S/C11H9NO3/c1-2-15-11(14)6-5-10-4-3-9(8-13)7-12-10/h3-4,7-8H,2H2,1H3. The highest BCUT2D eigenvalue weighted by Crippen LogP contribution is 1.95. The van der Waals surface area contributed by atoms with Crippen LogP contribution in [0.4, 0.5) is 0 Å². The second-order valence-electron chi connectivity index (χ2n) is 2.57. The zero-order chi connectivity index (χ0) is 11.1. The third kappa shape index (κ3) is 3.61. The van der Waals surface area contributed by atoms with E-state index < -0.39 is 5.97 Å². The molecule has 0 bridgehead atoms. The van der Waals surface area contributed by atoms with E-state index in [-0.39, 0.29) is 0 Å². The average molecular weight is 203 g/mol. The average Bonchev–Trinajstić information content (AvgIpc) is 2.27. The Balaban J connectivity index is 2.72. The van der Waals surface area contributed by atoms with E-state index >= 15 is 0 Å². The van der Waals surface area contributed by atoms with Gasteiger partial charge in [0.2, 0.25) is 0 Å². The molecule has 0 aromatic carbocycles. The summed E-state index contributed by atoms with van der Waals surface area (Å²) >= 11 is 0. The van der Waals surface area contributed by atoms with Gasteiger partial charge in [0.15, 0.2) is 6.29 Å². The van der Waals surface area contributed by atoms with Crippen LogP contribution in [0, 0.1) is 11.8 Å². The monoisotopic (exact) mass is 203 g/mol. The number of esters is 1. The molecule has 0 aliphatic carbocycles. The summed E-state index contributed by atoms with van der Waals surface area (Å²) in [7, 11) is 0. The highest BCUT2D eigenvalue weighted by molar-refractivity contribution is 5.89. The maximum atomic E-state index is 10.9. The largest absolute Gasteiger partial charge is 0.456 e. The number of carbonyl (C=O) groups excluding carboxylic acids is 2. The molecule has 4 heteroatoms. The molecule has 1 heterocycles. The fourth-order valence-corrected chi connectivity index (χ4v) is 0.831. The Morgan fingerprint density at radius 3 is 2.93 bits per heavy atom. The first kappa shape index (κ1) is 10.9. The molecule has 0 spiro atoms. The third-order valence-electron chi connectivity index (χ3n) is 1.49. The molecule has 4 nitrogen and oxygen atoms in total. The molecular formula is C11H9NO3. The van der Waals surface area contributed by atoms with Gasteiger partial charge in [-0.25, -0.2) is 9.78 Å². The predicted octanol–water partition coefficient (Wildman–Crippen LogP) is 0.809. The zero-order valence-electron chi connectivity index (χ0n) is 8.19. The van der Waals surface area contributed by atoms with Crippen molar-refractivity contribution >= 4 is 12.3 Å². The lowest BCUT2D eigenvalue weighted by molar-refractivity contribution is -0.136. The van der Waals surface area contributed by atoms with Crippen molar-refractivity contribution in [1.82, 2.24) is 4.98 Å². The first-order valence-electron chi connectivity index (χ1n) is 4.36. The van der Waals surface area contributed by atoms with Gasteiger partial charge < -0.3 is 4.74 Å². The van der Waals surface area contributed by atoms with Crippen LogP contribution in [0.2, 0.25) is 0 Å². The van der Waals surface area contributed by atoms with Crippen LogP contribution in [0.5, 0.6) is 0 Å². The van der Waals surface area contributed by atoms with Gasteiger partial charge in [-0.3, -0.25) is 4.79 Å². The molecular weight excluding hydrogens is 194 g/mol. The van der Waals surface area contributed by atoms with Crippen LogP contribution in [0.1, 0.15) is 23.0 Å². The van der Waals surface area contributed by atoms with Crippen molar-refractivity contribution in [1.29, 1.82) is 0 Å². The van der Waals surface area contributed by atoms with Crippen LogP contribution in [-0.4, -0.2) is 23.8 Å². The van der Waals surface area contributed by atoms with Gasteiger partial charge in [0.1, 0.15) is 5.69 Å². The summed E-state index contributed by atoms with van der Waals surface area (Å²) in [5, 5.41) is 0. The number of pyridine rings is 1. The Bertz CT molecular complexity index is 412. The van der Waals surface area contributed by atoms with Gasteiger partial charge in [-0.2, -0.15) is 0 Å². The van der Waals surface area contributed by atoms with Crippen LogP contribution in [0.25, 0.3) is 0 Å². The number of hydrogen-bond acceptors (Lipinski definition) is 4. The second kappa shape index (κ2) is 5.55. The van der Waals surface area contributed by atoms with E-state index in [1.54, 1.807) is 19.1 Å². The molecule has 0 saturated heterocycles. The third-order valence-corrected chi connectivity index (χ3v) is 1.49. The number of rotatable bonds is 2. The van der Waals surface area contributed by atoms with Crippen LogP contribution >= 0.6 is 0 Å². The fourth-order valence-electron chi connectivity index (χ4n) is 0.831. The molecule has 1 aromatic heterocycles. The summed E-state index contributed by atoms with van der Waals surface area (Å²) in [5.41, 5.74) is 0.894. The molecule has 0 unspecified atom stereocenters. The number of nitrogens with zero attached hydrogens (tertiary/aromatic N) is 1. The summed E-state index contributed by atoms with van der Waals surface area (Å²) in [6.07, 6.45) is 2.08. The van der Waals surface area contributed by atoms with E-state index in [2.05, 4.69) is 21.6 Å². The van der Waals surface area contributed by atoms with Crippen LogP contribution < -0.4 is 0 Å². The molecule has 0 amide bonds. The van der Waals surface area contributed by atoms with E-state index in [1.807, 2.05) is 0 Å². The van der Waals surface area contributed by atoms with E-state index in [9.17, 15) is 9.59 Å². The number of aldehydes is 1. The first-order valence-corrected chi connectivity index (χ1v) is 4.36. The molecule has 15 heavy (non-hydrogen) atoms. The first-order chi connectivity index (χ1) is 7.26. The summed E-state index contributed by atoms with van der Waals surface area (Å²) < 4.78 is 4.61. The zero-order valence-corrected chi connectivity index (χ0v) is 8.19. The normalized spacial score (nSPS) is 8.60. The summed E-state index contributed by atoms with van der Waals surface area (Å²) in [4.78, 5) is 25.0. The van der Waals surface area contributed by atoms with Gasteiger partial charge in [-0.15, -0.1) is 0 Å². The highest BCUT2D eigenvalue weighted by atomic mass is 16.5. The smallest absolute Gasteiger partial charge is 0.384 e. The highest BCUT2D eigenvalue weighted by Gasteiger charge is 1.94. The summed E-state index contributed by atoms with van der Waals surface area (Å²) in [6.45, 7) is 2.00. The minimum absolute atomic E-state index is 0.297. The van der Waals surface area contributed by atoms with Gasteiger partial charge in [0.25, 0.3) is 0 Å². The quantitative estimate of drug-likeness (QED) is 0.405. The van der Waals surface area contributed by atoms with Crippen molar-refractivity contribution in [3.8, 4) is 11.8 Å². The van der Waals surface area contributed by atoms with E-state index in [0.29, 0.717) is 24.2 Å². The van der Waals surface area contributed by atoms with Crippen molar-refractivity contribution in [2.75, 3.05) is 6.61 Å². The molecule has 1 aromatic rings. The lowest BCUT2D eigenvalue weighted by Crippen LogP contribution is -1.99. The van der Waals surface area contributed by atoms with Gasteiger partial charge in [0.05, 0.1) is 6.61 Å². The van der Waals surface area contributed by atoms with Crippen LogP contribution in [-0.2, 0) is 9.53 Å². The van der Waals surface area contributed by atoms with Crippen molar-refractivity contribution in [2.45, 2.75) is 6.92 Å². The van der Waals surface area contributed by atoms with E-state index in [4.69, 9.17) is 0 Å². The van der Waals surface area contributed by atoms with Gasteiger partial charge >= 0.3 is 5.97 Å². The van der Waals surface area contributed by atoms with Gasteiger partial charge in [-0.1, -0.05) is 0 Å². The minimum atomic E-state index is -0.584. The van der Waals surface area contributed by atoms with E-state index in [0.717, 1.165) is 0 Å². The lowest BCUT2D eigenvalue weighted by atomic mass is 10.3. The molecule has 0 atom stereocenters. The Labute approximate surface area is 87.3 Å². The van der Waals surface area contributed by atoms with Crippen molar-refractivity contribution < 1.29 is 14.3 Å². The summed E-state index contributed by atoms with van der Waals surface area (Å²) in [6, 6.07) is 3.14. The maximum absolute atomic E-state index is 10.9. The molecule has 0 N–H and O–H groups in total.